The largest absolute Gasteiger partial charge is 0.379 e. The highest BCUT2D eigenvalue weighted by atomic mass is 32.1. The summed E-state index contributed by atoms with van der Waals surface area (Å²) < 4.78 is 10.6. The van der Waals surface area contributed by atoms with Gasteiger partial charge in [0.05, 0.1) is 24.6 Å². The molecule has 0 aliphatic carbocycles. The van der Waals surface area contributed by atoms with Crippen molar-refractivity contribution >= 4 is 29.4 Å². The summed E-state index contributed by atoms with van der Waals surface area (Å²) in [5.41, 5.74) is 5.66. The van der Waals surface area contributed by atoms with Crippen LogP contribution in [0.25, 0.3) is 12.2 Å². The van der Waals surface area contributed by atoms with Crippen LogP contribution in [-0.2, 0) is 11.2 Å². The lowest BCUT2D eigenvalue weighted by Gasteiger charge is -2.26. The van der Waals surface area contributed by atoms with E-state index in [4.69, 9.17) is 9.26 Å². The number of amides is 1. The van der Waals surface area contributed by atoms with Gasteiger partial charge in [-0.2, -0.15) is 0 Å². The Hall–Kier alpha value is -2.03. The quantitative estimate of drug-likeness (QED) is 0.782. The number of hydrazine groups is 1. The van der Waals surface area contributed by atoms with Crippen LogP contribution < -0.4 is 5.43 Å². The lowest BCUT2D eigenvalue weighted by atomic mass is 10.1. The van der Waals surface area contributed by atoms with Gasteiger partial charge < -0.3 is 9.26 Å². The zero-order valence-electron chi connectivity index (χ0n) is 16.1. The van der Waals surface area contributed by atoms with Crippen LogP contribution in [0.15, 0.2) is 4.52 Å². The van der Waals surface area contributed by atoms with Crippen molar-refractivity contribution < 1.29 is 14.1 Å². The van der Waals surface area contributed by atoms with Gasteiger partial charge in [0.25, 0.3) is 5.91 Å². The molecule has 0 saturated carbocycles. The summed E-state index contributed by atoms with van der Waals surface area (Å²) in [7, 11) is 0. The van der Waals surface area contributed by atoms with E-state index in [1.807, 2.05) is 31.0 Å². The van der Waals surface area contributed by atoms with E-state index in [9.17, 15) is 4.79 Å². The van der Waals surface area contributed by atoms with Crippen molar-refractivity contribution in [3.8, 4) is 0 Å². The summed E-state index contributed by atoms with van der Waals surface area (Å²) in [6.07, 6.45) is 7.01. The third-order valence-corrected chi connectivity index (χ3v) is 5.55. The van der Waals surface area contributed by atoms with Gasteiger partial charge in [-0.3, -0.25) is 10.2 Å². The number of hydrogen-bond donors (Lipinski definition) is 1. The Bertz CT molecular complexity index is 806. The number of ether oxygens (including phenoxy) is 1. The molecule has 1 amide bonds. The van der Waals surface area contributed by atoms with Crippen LogP contribution in [0, 0.1) is 13.8 Å². The fourth-order valence-electron chi connectivity index (χ4n) is 2.89. The van der Waals surface area contributed by atoms with Crippen molar-refractivity contribution in [1.29, 1.82) is 0 Å². The molecule has 1 aliphatic rings. The fraction of sp³-hybridized carbons (Fsp3) is 0.526. The monoisotopic (exact) mass is 390 g/mol. The molecular weight excluding hydrogens is 364 g/mol. The minimum absolute atomic E-state index is 0.114. The highest BCUT2D eigenvalue weighted by Crippen LogP contribution is 2.23. The first-order valence-electron chi connectivity index (χ1n) is 9.32. The Kier molecular flexibility index (Phi) is 6.76. The minimum atomic E-state index is -0.114. The van der Waals surface area contributed by atoms with Gasteiger partial charge in [-0.1, -0.05) is 18.5 Å². The van der Waals surface area contributed by atoms with E-state index in [0.29, 0.717) is 31.2 Å². The van der Waals surface area contributed by atoms with E-state index in [1.165, 1.54) is 11.3 Å². The van der Waals surface area contributed by atoms with Crippen LogP contribution in [0.2, 0.25) is 0 Å². The summed E-state index contributed by atoms with van der Waals surface area (Å²) in [6.45, 7) is 8.59. The van der Waals surface area contributed by atoms with Crippen molar-refractivity contribution in [2.45, 2.75) is 40.0 Å². The van der Waals surface area contributed by atoms with Crippen molar-refractivity contribution in [3.05, 3.63) is 32.6 Å². The third-order valence-electron chi connectivity index (χ3n) is 4.43. The number of carbonyl (C=O) groups is 1. The molecule has 1 fully saturated rings. The maximum atomic E-state index is 12.5. The van der Waals surface area contributed by atoms with Crippen molar-refractivity contribution in [3.63, 3.8) is 0 Å². The molecule has 2 aromatic rings. The number of morpholine rings is 1. The molecule has 1 aliphatic heterocycles. The van der Waals surface area contributed by atoms with Gasteiger partial charge in [-0.25, -0.2) is 9.99 Å². The molecule has 1 N–H and O–H groups in total. The molecule has 2 aromatic heterocycles. The molecular formula is C19H26N4O3S. The van der Waals surface area contributed by atoms with Crippen LogP contribution in [0.1, 0.15) is 57.2 Å². The number of carbonyl (C=O) groups excluding carboxylic acids is 1. The Balaban J connectivity index is 1.70. The molecule has 0 unspecified atom stereocenters. The maximum absolute atomic E-state index is 12.5. The van der Waals surface area contributed by atoms with E-state index in [0.717, 1.165) is 47.0 Å². The molecule has 3 heterocycles. The molecule has 146 valence electrons. The van der Waals surface area contributed by atoms with Gasteiger partial charge >= 0.3 is 0 Å². The molecule has 0 bridgehead atoms. The Morgan fingerprint density at radius 2 is 2.07 bits per heavy atom. The van der Waals surface area contributed by atoms with Gasteiger partial charge in [0.1, 0.15) is 15.6 Å². The van der Waals surface area contributed by atoms with Gasteiger partial charge in [-0.15, -0.1) is 11.3 Å². The lowest BCUT2D eigenvalue weighted by Crippen LogP contribution is -2.48. The van der Waals surface area contributed by atoms with Crippen LogP contribution in [-0.4, -0.2) is 47.4 Å². The molecule has 0 atom stereocenters. The van der Waals surface area contributed by atoms with Crippen LogP contribution in [0.3, 0.4) is 0 Å². The van der Waals surface area contributed by atoms with Crippen molar-refractivity contribution in [2.24, 2.45) is 0 Å². The Morgan fingerprint density at radius 3 is 2.81 bits per heavy atom. The Morgan fingerprint density at radius 1 is 1.30 bits per heavy atom. The Labute approximate surface area is 163 Å². The second-order valence-corrected chi connectivity index (χ2v) is 7.57. The first-order valence-corrected chi connectivity index (χ1v) is 10.1. The van der Waals surface area contributed by atoms with Crippen LogP contribution in [0.4, 0.5) is 0 Å². The van der Waals surface area contributed by atoms with Crippen LogP contribution >= 0.6 is 11.3 Å². The normalized spacial score (nSPS) is 15.5. The highest BCUT2D eigenvalue weighted by molar-refractivity contribution is 7.14. The van der Waals surface area contributed by atoms with E-state index >= 15 is 0 Å². The third kappa shape index (κ3) is 5.03. The number of nitrogens with one attached hydrogen (secondary N) is 1. The summed E-state index contributed by atoms with van der Waals surface area (Å²) in [4.78, 5) is 17.7. The van der Waals surface area contributed by atoms with E-state index in [1.54, 1.807) is 0 Å². The van der Waals surface area contributed by atoms with Gasteiger partial charge in [0.15, 0.2) is 0 Å². The number of aryl methyl sites for hydroxylation is 3. The summed E-state index contributed by atoms with van der Waals surface area (Å²) >= 11 is 1.39. The van der Waals surface area contributed by atoms with Crippen molar-refractivity contribution in [1.82, 2.24) is 20.6 Å². The molecule has 7 nitrogen and oxygen atoms in total. The summed E-state index contributed by atoms with van der Waals surface area (Å²) in [5.74, 6) is 0.687. The molecule has 0 aromatic carbocycles. The summed E-state index contributed by atoms with van der Waals surface area (Å²) in [5, 5.41) is 6.84. The SMILES string of the molecule is CCCCc1noc(C)c1C=Cc1nc(C)c(C(=O)NN2CCOCC2)s1. The van der Waals surface area contributed by atoms with E-state index in [-0.39, 0.29) is 5.91 Å². The molecule has 0 radical (unpaired) electrons. The smallest absolute Gasteiger partial charge is 0.277 e. The second-order valence-electron chi connectivity index (χ2n) is 6.54. The number of aromatic nitrogens is 2. The van der Waals surface area contributed by atoms with Crippen molar-refractivity contribution in [2.75, 3.05) is 26.3 Å². The van der Waals surface area contributed by atoms with Gasteiger partial charge in [0.2, 0.25) is 0 Å². The predicted molar refractivity (Wildman–Crippen MR) is 105 cm³/mol. The van der Waals surface area contributed by atoms with E-state index in [2.05, 4.69) is 22.5 Å². The van der Waals surface area contributed by atoms with Crippen LogP contribution in [0.5, 0.6) is 0 Å². The first kappa shape index (κ1) is 19.7. The topological polar surface area (TPSA) is 80.5 Å². The second kappa shape index (κ2) is 9.25. The maximum Gasteiger partial charge on any atom is 0.277 e. The standard InChI is InChI=1S/C19H26N4O3S/c1-4-5-6-16-15(14(3)26-22-16)7-8-17-20-13(2)18(27-17)19(24)21-23-9-11-25-12-10-23/h7-8H,4-6,9-12H2,1-3H3,(H,21,24). The molecule has 8 heteroatoms. The lowest BCUT2D eigenvalue weighted by molar-refractivity contribution is 0.0127. The molecule has 1 saturated heterocycles. The molecule has 27 heavy (non-hydrogen) atoms. The number of unbranched alkanes of at least 4 members (excludes halogenated alkanes) is 1. The number of rotatable bonds is 7. The number of thiazole rings is 1. The number of hydrogen-bond acceptors (Lipinski definition) is 7. The van der Waals surface area contributed by atoms with Gasteiger partial charge in [0, 0.05) is 18.7 Å². The van der Waals surface area contributed by atoms with Gasteiger partial charge in [-0.05, 0) is 38.8 Å². The van der Waals surface area contributed by atoms with E-state index < -0.39 is 0 Å². The predicted octanol–water partition coefficient (Wildman–Crippen LogP) is 3.24. The minimum Gasteiger partial charge on any atom is -0.379 e. The zero-order valence-corrected chi connectivity index (χ0v) is 16.9. The highest BCUT2D eigenvalue weighted by Gasteiger charge is 2.19. The zero-order chi connectivity index (χ0) is 19.2. The first-order chi connectivity index (χ1) is 13.1. The molecule has 0 spiro atoms. The molecule has 3 rings (SSSR count). The average Bonchev–Trinajstić information content (AvgIpc) is 3.21. The number of nitrogens with zero attached hydrogens (tertiary/aromatic N) is 3. The average molecular weight is 391 g/mol. The fourth-order valence-corrected chi connectivity index (χ4v) is 3.75. The summed E-state index contributed by atoms with van der Waals surface area (Å²) in [6, 6.07) is 0.